The molecule has 0 spiro atoms. The molecule has 15 heavy (non-hydrogen) atoms. The van der Waals surface area contributed by atoms with Gasteiger partial charge in [0.25, 0.3) is 0 Å². The molecule has 82 valence electrons. The molecule has 0 radical (unpaired) electrons. The third kappa shape index (κ3) is 2.97. The maximum atomic E-state index is 3.64. The van der Waals surface area contributed by atoms with Crippen LogP contribution in [0.2, 0.25) is 0 Å². The van der Waals surface area contributed by atoms with E-state index in [1.54, 1.807) is 0 Å². The Bertz CT molecular complexity index is 347. The highest BCUT2D eigenvalue weighted by molar-refractivity contribution is 9.10. The van der Waals surface area contributed by atoms with Crippen molar-refractivity contribution in [3.05, 3.63) is 28.2 Å². The van der Waals surface area contributed by atoms with E-state index in [0.29, 0.717) is 0 Å². The van der Waals surface area contributed by atoms with Crippen LogP contribution in [0.4, 0.5) is 5.69 Å². The van der Waals surface area contributed by atoms with Crippen molar-refractivity contribution in [2.45, 2.75) is 18.2 Å². The van der Waals surface area contributed by atoms with E-state index >= 15 is 0 Å². The lowest BCUT2D eigenvalue weighted by Gasteiger charge is -2.20. The van der Waals surface area contributed by atoms with Gasteiger partial charge in [0.2, 0.25) is 0 Å². The molecular weight excluding hydrogens is 318 g/mol. The second-order valence-corrected chi connectivity index (χ2v) is 5.66. The Labute approximate surface area is 108 Å². The summed E-state index contributed by atoms with van der Waals surface area (Å²) in [6, 6.07) is 6.56. The first-order chi connectivity index (χ1) is 7.20. The minimum Gasteiger partial charge on any atom is -0.373 e. The second-order valence-electron chi connectivity index (χ2n) is 4.24. The van der Waals surface area contributed by atoms with Gasteiger partial charge in [-0.25, -0.2) is 0 Å². The van der Waals surface area contributed by atoms with Crippen LogP contribution < -0.4 is 4.90 Å². The molecule has 0 atom stereocenters. The summed E-state index contributed by atoms with van der Waals surface area (Å²) in [6.07, 6.45) is 2.81. The monoisotopic (exact) mass is 331 g/mol. The van der Waals surface area contributed by atoms with E-state index in [-0.39, 0.29) is 0 Å². The van der Waals surface area contributed by atoms with Crippen molar-refractivity contribution in [2.24, 2.45) is 5.92 Å². The SMILES string of the molecule is CN(CC1CC1)c1ccc(CBr)cc1Br. The number of hydrogen-bond acceptors (Lipinski definition) is 1. The van der Waals surface area contributed by atoms with Crippen LogP contribution in [0.1, 0.15) is 18.4 Å². The van der Waals surface area contributed by atoms with Crippen LogP contribution in [0.15, 0.2) is 22.7 Å². The van der Waals surface area contributed by atoms with E-state index in [9.17, 15) is 0 Å². The van der Waals surface area contributed by atoms with E-state index in [0.717, 1.165) is 11.2 Å². The lowest BCUT2D eigenvalue weighted by atomic mass is 10.2. The quantitative estimate of drug-likeness (QED) is 0.747. The standard InChI is InChI=1S/C12H15Br2N/c1-15(8-9-2-3-9)12-5-4-10(7-13)6-11(12)14/h4-6,9H,2-3,7-8H2,1H3. The van der Waals surface area contributed by atoms with E-state index in [2.05, 4.69) is 62.0 Å². The van der Waals surface area contributed by atoms with E-state index < -0.39 is 0 Å². The zero-order chi connectivity index (χ0) is 10.8. The summed E-state index contributed by atoms with van der Waals surface area (Å²) in [6.45, 7) is 1.19. The van der Waals surface area contributed by atoms with Gasteiger partial charge in [-0.05, 0) is 52.4 Å². The molecule has 0 aliphatic heterocycles. The van der Waals surface area contributed by atoms with Gasteiger partial charge in [-0.1, -0.05) is 22.0 Å². The molecule has 1 aliphatic rings. The summed E-state index contributed by atoms with van der Waals surface area (Å²) < 4.78 is 1.20. The molecule has 1 nitrogen and oxygen atoms in total. The second kappa shape index (κ2) is 4.88. The molecule has 2 rings (SSSR count). The van der Waals surface area contributed by atoms with Gasteiger partial charge in [0.1, 0.15) is 0 Å². The smallest absolute Gasteiger partial charge is 0.0508 e. The Kier molecular flexibility index (Phi) is 3.73. The van der Waals surface area contributed by atoms with Crippen LogP contribution in [0.5, 0.6) is 0 Å². The van der Waals surface area contributed by atoms with Gasteiger partial charge in [0, 0.05) is 23.4 Å². The topological polar surface area (TPSA) is 3.24 Å². The highest BCUT2D eigenvalue weighted by Crippen LogP contribution is 2.33. The molecule has 0 bridgehead atoms. The summed E-state index contributed by atoms with van der Waals surface area (Å²) >= 11 is 7.11. The average Bonchev–Trinajstić information content (AvgIpc) is 3.01. The van der Waals surface area contributed by atoms with Crippen LogP contribution >= 0.6 is 31.9 Å². The van der Waals surface area contributed by atoms with Gasteiger partial charge in [-0.3, -0.25) is 0 Å². The molecule has 0 amide bonds. The first-order valence-corrected chi connectivity index (χ1v) is 7.17. The summed E-state index contributed by atoms with van der Waals surface area (Å²) in [5.41, 5.74) is 2.61. The molecule has 1 fully saturated rings. The zero-order valence-corrected chi connectivity index (χ0v) is 12.0. The van der Waals surface area contributed by atoms with Crippen molar-refractivity contribution >= 4 is 37.5 Å². The average molecular weight is 333 g/mol. The highest BCUT2D eigenvalue weighted by atomic mass is 79.9. The fraction of sp³-hybridized carbons (Fsp3) is 0.500. The first kappa shape index (κ1) is 11.5. The zero-order valence-electron chi connectivity index (χ0n) is 8.84. The van der Waals surface area contributed by atoms with Gasteiger partial charge >= 0.3 is 0 Å². The van der Waals surface area contributed by atoms with Gasteiger partial charge in [-0.15, -0.1) is 0 Å². The van der Waals surface area contributed by atoms with Crippen molar-refractivity contribution in [1.82, 2.24) is 0 Å². The minimum absolute atomic E-state index is 0.915. The van der Waals surface area contributed by atoms with E-state index in [1.165, 1.54) is 35.1 Å². The number of anilines is 1. The number of halogens is 2. The number of benzene rings is 1. The molecule has 1 aromatic rings. The van der Waals surface area contributed by atoms with Crippen molar-refractivity contribution in [3.8, 4) is 0 Å². The van der Waals surface area contributed by atoms with Gasteiger partial charge in [-0.2, -0.15) is 0 Å². The third-order valence-corrected chi connectivity index (χ3v) is 4.09. The lowest BCUT2D eigenvalue weighted by molar-refractivity contribution is 0.786. The highest BCUT2D eigenvalue weighted by Gasteiger charge is 2.23. The van der Waals surface area contributed by atoms with Crippen molar-refractivity contribution in [1.29, 1.82) is 0 Å². The van der Waals surface area contributed by atoms with Gasteiger partial charge in [0.15, 0.2) is 0 Å². The minimum atomic E-state index is 0.915. The molecule has 0 unspecified atom stereocenters. The number of alkyl halides is 1. The maximum Gasteiger partial charge on any atom is 0.0508 e. The summed E-state index contributed by atoms with van der Waals surface area (Å²) in [7, 11) is 2.17. The Morgan fingerprint density at radius 1 is 1.40 bits per heavy atom. The fourth-order valence-corrected chi connectivity index (χ4v) is 2.81. The lowest BCUT2D eigenvalue weighted by Crippen LogP contribution is -2.20. The summed E-state index contributed by atoms with van der Waals surface area (Å²) in [5.74, 6) is 0.928. The Morgan fingerprint density at radius 3 is 2.67 bits per heavy atom. The molecule has 1 aromatic carbocycles. The van der Waals surface area contributed by atoms with Crippen LogP contribution in [0.25, 0.3) is 0 Å². The molecule has 0 aromatic heterocycles. The van der Waals surface area contributed by atoms with Gasteiger partial charge in [0.05, 0.1) is 5.69 Å². The molecule has 0 heterocycles. The van der Waals surface area contributed by atoms with Crippen molar-refractivity contribution in [2.75, 3.05) is 18.5 Å². The predicted octanol–water partition coefficient (Wildman–Crippen LogP) is 4.19. The predicted molar refractivity (Wildman–Crippen MR) is 72.8 cm³/mol. The van der Waals surface area contributed by atoms with Crippen LogP contribution in [0.3, 0.4) is 0 Å². The first-order valence-electron chi connectivity index (χ1n) is 5.26. The molecular formula is C12H15Br2N. The number of rotatable bonds is 4. The molecule has 0 saturated heterocycles. The normalized spacial score (nSPS) is 15.4. The van der Waals surface area contributed by atoms with Crippen LogP contribution in [0, 0.1) is 5.92 Å². The van der Waals surface area contributed by atoms with Gasteiger partial charge < -0.3 is 4.90 Å². The van der Waals surface area contributed by atoms with Crippen LogP contribution in [-0.4, -0.2) is 13.6 Å². The van der Waals surface area contributed by atoms with Crippen molar-refractivity contribution < 1.29 is 0 Å². The third-order valence-electron chi connectivity index (χ3n) is 2.81. The molecule has 0 N–H and O–H groups in total. The molecule has 1 aliphatic carbocycles. The molecule has 1 saturated carbocycles. The fourth-order valence-electron chi connectivity index (χ4n) is 1.73. The molecule has 3 heteroatoms. The Balaban J connectivity index is 2.11. The van der Waals surface area contributed by atoms with Crippen LogP contribution in [-0.2, 0) is 5.33 Å². The summed E-state index contributed by atoms with van der Waals surface area (Å²) in [5, 5.41) is 0.915. The van der Waals surface area contributed by atoms with Crippen molar-refractivity contribution in [3.63, 3.8) is 0 Å². The Hall–Kier alpha value is -0.0200. The maximum absolute atomic E-state index is 3.64. The Morgan fingerprint density at radius 2 is 2.13 bits per heavy atom. The van der Waals surface area contributed by atoms with E-state index in [4.69, 9.17) is 0 Å². The summed E-state index contributed by atoms with van der Waals surface area (Å²) in [4.78, 5) is 2.35. The number of hydrogen-bond donors (Lipinski definition) is 0. The largest absolute Gasteiger partial charge is 0.373 e. The van der Waals surface area contributed by atoms with E-state index in [1.807, 2.05) is 0 Å². The number of nitrogens with zero attached hydrogens (tertiary/aromatic N) is 1.